The molecule has 19 heavy (non-hydrogen) atoms. The molecule has 0 amide bonds. The van der Waals surface area contributed by atoms with E-state index in [9.17, 15) is 0 Å². The monoisotopic (exact) mass is 325 g/mol. The van der Waals surface area contributed by atoms with Crippen molar-refractivity contribution < 1.29 is 0 Å². The van der Waals surface area contributed by atoms with Gasteiger partial charge in [0, 0.05) is 22.9 Å². The highest BCUT2D eigenvalue weighted by molar-refractivity contribution is 9.10. The van der Waals surface area contributed by atoms with E-state index in [0.29, 0.717) is 6.04 Å². The van der Waals surface area contributed by atoms with Crippen LogP contribution in [0.2, 0.25) is 0 Å². The number of aromatic nitrogens is 1. The van der Waals surface area contributed by atoms with E-state index < -0.39 is 0 Å². The number of hydrogen-bond donors (Lipinski definition) is 2. The van der Waals surface area contributed by atoms with Gasteiger partial charge in [-0.05, 0) is 52.7 Å². The third-order valence-electron chi connectivity index (χ3n) is 4.13. The summed E-state index contributed by atoms with van der Waals surface area (Å²) in [6.45, 7) is 0. The molecule has 1 aromatic rings. The lowest BCUT2D eigenvalue weighted by Gasteiger charge is -2.24. The molecule has 1 fully saturated rings. The Balaban J connectivity index is 1.79. The summed E-state index contributed by atoms with van der Waals surface area (Å²) in [6, 6.07) is 2.48. The van der Waals surface area contributed by atoms with Gasteiger partial charge in [0.15, 0.2) is 0 Å². The smallest absolute Gasteiger partial charge is 0.0410 e. The van der Waals surface area contributed by atoms with Crippen LogP contribution in [-0.4, -0.2) is 11.0 Å². The van der Waals surface area contributed by atoms with Gasteiger partial charge in [-0.2, -0.15) is 0 Å². The summed E-state index contributed by atoms with van der Waals surface area (Å²) in [7, 11) is 0. The third kappa shape index (κ3) is 5.21. The maximum Gasteiger partial charge on any atom is 0.0410 e. The fourth-order valence-corrected chi connectivity index (χ4v) is 3.42. The van der Waals surface area contributed by atoms with E-state index in [2.05, 4.69) is 32.4 Å². The van der Waals surface area contributed by atoms with Crippen molar-refractivity contribution in [3.63, 3.8) is 0 Å². The lowest BCUT2D eigenvalue weighted by Crippen LogP contribution is -2.37. The molecule has 3 nitrogen and oxygen atoms in total. The average molecular weight is 326 g/mol. The predicted molar refractivity (Wildman–Crippen MR) is 82.6 cm³/mol. The highest BCUT2D eigenvalue weighted by Crippen LogP contribution is 2.28. The zero-order valence-corrected chi connectivity index (χ0v) is 13.0. The van der Waals surface area contributed by atoms with E-state index >= 15 is 0 Å². The number of hydrogen-bond acceptors (Lipinski definition) is 3. The van der Waals surface area contributed by atoms with Crippen LogP contribution < -0.4 is 11.3 Å². The predicted octanol–water partition coefficient (Wildman–Crippen LogP) is 3.58. The summed E-state index contributed by atoms with van der Waals surface area (Å²) in [4.78, 5) is 4.21. The molecule has 0 aliphatic heterocycles. The zero-order chi connectivity index (χ0) is 13.5. The number of rotatable bonds is 6. The average Bonchev–Trinajstić information content (AvgIpc) is 2.44. The molecule has 3 N–H and O–H groups in total. The number of nitrogens with one attached hydrogen (secondary N) is 1. The highest BCUT2D eigenvalue weighted by Gasteiger charge is 2.16. The van der Waals surface area contributed by atoms with Gasteiger partial charge in [0.25, 0.3) is 0 Å². The summed E-state index contributed by atoms with van der Waals surface area (Å²) in [5.74, 6) is 6.61. The van der Waals surface area contributed by atoms with Gasteiger partial charge in [-0.25, -0.2) is 0 Å². The summed E-state index contributed by atoms with van der Waals surface area (Å²) in [6.07, 6.45) is 14.2. The summed E-state index contributed by atoms with van der Waals surface area (Å²) >= 11 is 3.46. The molecule has 1 aliphatic carbocycles. The van der Waals surface area contributed by atoms with Crippen LogP contribution in [0.15, 0.2) is 22.9 Å². The minimum Gasteiger partial charge on any atom is -0.271 e. The van der Waals surface area contributed by atoms with E-state index in [0.717, 1.165) is 23.2 Å². The van der Waals surface area contributed by atoms with Crippen LogP contribution in [0.4, 0.5) is 0 Å². The normalized spacial score (nSPS) is 18.4. The Kier molecular flexibility index (Phi) is 6.28. The van der Waals surface area contributed by atoms with Crippen molar-refractivity contribution in [1.82, 2.24) is 10.4 Å². The van der Waals surface area contributed by atoms with Crippen molar-refractivity contribution >= 4 is 15.9 Å². The Labute approximate surface area is 124 Å². The fraction of sp³-hybridized carbons (Fsp3) is 0.667. The molecule has 4 heteroatoms. The van der Waals surface area contributed by atoms with E-state index in [1.54, 1.807) is 0 Å². The second-order valence-corrected chi connectivity index (χ2v) is 6.58. The lowest BCUT2D eigenvalue weighted by atomic mass is 9.85. The standard InChI is InChI=1S/C15H24BrN3/c16-14-8-13(10-18-11-14)9-15(19-17)7-6-12-4-2-1-3-5-12/h8,10-12,15,19H,1-7,9,17H2. The topological polar surface area (TPSA) is 50.9 Å². The molecule has 0 saturated heterocycles. The first-order valence-electron chi connectivity index (χ1n) is 7.33. The van der Waals surface area contributed by atoms with Gasteiger partial charge in [0.2, 0.25) is 0 Å². The van der Waals surface area contributed by atoms with Gasteiger partial charge in [0.05, 0.1) is 0 Å². The van der Waals surface area contributed by atoms with Crippen molar-refractivity contribution in [2.75, 3.05) is 0 Å². The molecular formula is C15H24BrN3. The van der Waals surface area contributed by atoms with Crippen molar-refractivity contribution in [2.24, 2.45) is 11.8 Å². The molecule has 1 atom stereocenters. The number of nitrogens with two attached hydrogens (primary N) is 1. The molecule has 1 aromatic heterocycles. The van der Waals surface area contributed by atoms with E-state index in [1.165, 1.54) is 44.1 Å². The highest BCUT2D eigenvalue weighted by atomic mass is 79.9. The van der Waals surface area contributed by atoms with Crippen molar-refractivity contribution in [3.8, 4) is 0 Å². The largest absolute Gasteiger partial charge is 0.271 e. The van der Waals surface area contributed by atoms with Gasteiger partial charge in [-0.15, -0.1) is 0 Å². The minimum atomic E-state index is 0.359. The van der Waals surface area contributed by atoms with Gasteiger partial charge in [-0.1, -0.05) is 32.1 Å². The van der Waals surface area contributed by atoms with Gasteiger partial charge in [-0.3, -0.25) is 16.3 Å². The van der Waals surface area contributed by atoms with Gasteiger partial charge >= 0.3 is 0 Å². The molecule has 1 unspecified atom stereocenters. The molecule has 106 valence electrons. The Morgan fingerprint density at radius 2 is 2.11 bits per heavy atom. The van der Waals surface area contributed by atoms with Crippen LogP contribution in [0, 0.1) is 5.92 Å². The maximum absolute atomic E-state index is 5.69. The summed E-state index contributed by atoms with van der Waals surface area (Å²) in [5, 5.41) is 0. The van der Waals surface area contributed by atoms with Crippen LogP contribution >= 0.6 is 15.9 Å². The van der Waals surface area contributed by atoms with Crippen molar-refractivity contribution in [1.29, 1.82) is 0 Å². The molecule has 0 bridgehead atoms. The molecule has 0 aromatic carbocycles. The second kappa shape index (κ2) is 7.98. The molecule has 1 heterocycles. The van der Waals surface area contributed by atoms with Crippen LogP contribution in [-0.2, 0) is 6.42 Å². The van der Waals surface area contributed by atoms with E-state index in [1.807, 2.05) is 12.4 Å². The van der Waals surface area contributed by atoms with Crippen LogP contribution in [0.3, 0.4) is 0 Å². The first-order chi connectivity index (χ1) is 9.28. The zero-order valence-electron chi connectivity index (χ0n) is 11.4. The molecule has 1 saturated carbocycles. The Bertz CT molecular complexity index is 377. The SMILES string of the molecule is NNC(CCC1CCCCC1)Cc1cncc(Br)c1. The van der Waals surface area contributed by atoms with Gasteiger partial charge < -0.3 is 0 Å². The van der Waals surface area contributed by atoms with Crippen LogP contribution in [0.5, 0.6) is 0 Å². The lowest BCUT2D eigenvalue weighted by molar-refractivity contribution is 0.313. The van der Waals surface area contributed by atoms with Crippen LogP contribution in [0.1, 0.15) is 50.5 Å². The molecular weight excluding hydrogens is 302 g/mol. The summed E-state index contributed by atoms with van der Waals surface area (Å²) < 4.78 is 1.04. The minimum absolute atomic E-state index is 0.359. The molecule has 0 spiro atoms. The number of nitrogens with zero attached hydrogens (tertiary/aromatic N) is 1. The van der Waals surface area contributed by atoms with E-state index in [4.69, 9.17) is 5.84 Å². The first kappa shape index (κ1) is 14.9. The summed E-state index contributed by atoms with van der Waals surface area (Å²) in [5.41, 5.74) is 4.20. The maximum atomic E-state index is 5.69. The van der Waals surface area contributed by atoms with E-state index in [-0.39, 0.29) is 0 Å². The third-order valence-corrected chi connectivity index (χ3v) is 4.56. The first-order valence-corrected chi connectivity index (χ1v) is 8.13. The van der Waals surface area contributed by atoms with Crippen molar-refractivity contribution in [3.05, 3.63) is 28.5 Å². The number of halogens is 1. The van der Waals surface area contributed by atoms with Crippen LogP contribution in [0.25, 0.3) is 0 Å². The quantitative estimate of drug-likeness (QED) is 0.620. The van der Waals surface area contributed by atoms with Gasteiger partial charge in [0.1, 0.15) is 0 Å². The number of hydrazine groups is 1. The second-order valence-electron chi connectivity index (χ2n) is 5.66. The molecule has 1 aliphatic rings. The van der Waals surface area contributed by atoms with Crippen molar-refractivity contribution in [2.45, 2.75) is 57.4 Å². The molecule has 2 rings (SSSR count). The molecule has 0 radical (unpaired) electrons. The Hall–Kier alpha value is -0.450. The number of pyridine rings is 1. The fourth-order valence-electron chi connectivity index (χ4n) is 3.01. The Morgan fingerprint density at radius 1 is 1.32 bits per heavy atom. The Morgan fingerprint density at radius 3 is 2.79 bits per heavy atom.